The maximum absolute atomic E-state index is 12.7. The summed E-state index contributed by atoms with van der Waals surface area (Å²) in [7, 11) is 1.58. The van der Waals surface area contributed by atoms with Gasteiger partial charge >= 0.3 is 12.2 Å². The Balaban J connectivity index is 2.08. The molecule has 134 valence electrons. The lowest BCUT2D eigenvalue weighted by Gasteiger charge is -2.59. The Hall–Kier alpha value is -2.03. The first-order chi connectivity index (χ1) is 10.9. The van der Waals surface area contributed by atoms with Crippen molar-refractivity contribution in [2.75, 3.05) is 12.4 Å². The molecule has 1 saturated carbocycles. The van der Waals surface area contributed by atoms with E-state index in [1.807, 2.05) is 25.8 Å². The normalized spacial score (nSPS) is 25.7. The maximum Gasteiger partial charge on any atom is 0.417 e. The lowest BCUT2D eigenvalue weighted by molar-refractivity contribution is -0.177. The SMILES string of the molecule is CO[C@@]1(C)C[C@@H](NC(=O)Nc2cc(C(F)(F)F)c[nH]c2=O)C1(C)C. The zero-order valence-corrected chi connectivity index (χ0v) is 13.8. The van der Waals surface area contributed by atoms with Crippen LogP contribution in [-0.2, 0) is 10.9 Å². The summed E-state index contributed by atoms with van der Waals surface area (Å²) in [5, 5.41) is 4.84. The standard InChI is InChI=1S/C15H20F3N3O3/c1-13(2)10(6-14(13,3)24-4)21-12(23)20-9-5-8(15(16,17)18)7-19-11(9)22/h5,7,10H,6H2,1-4H3,(H,19,22)(H2,20,21,23)/t10-,14+/m1/s1. The van der Waals surface area contributed by atoms with Crippen LogP contribution in [0.2, 0.25) is 0 Å². The van der Waals surface area contributed by atoms with Gasteiger partial charge in [-0.3, -0.25) is 4.79 Å². The zero-order valence-electron chi connectivity index (χ0n) is 13.8. The molecule has 9 heteroatoms. The molecule has 2 amide bonds. The highest BCUT2D eigenvalue weighted by Gasteiger charge is 2.58. The van der Waals surface area contributed by atoms with Crippen LogP contribution in [0.4, 0.5) is 23.7 Å². The summed E-state index contributed by atoms with van der Waals surface area (Å²) in [5.74, 6) is 0. The molecule has 0 aliphatic heterocycles. The molecule has 3 N–H and O–H groups in total. The molecule has 2 rings (SSSR count). The largest absolute Gasteiger partial charge is 0.417 e. The number of aromatic nitrogens is 1. The van der Waals surface area contributed by atoms with Crippen LogP contribution in [-0.4, -0.2) is 29.8 Å². The van der Waals surface area contributed by atoms with E-state index in [2.05, 4.69) is 10.6 Å². The van der Waals surface area contributed by atoms with E-state index >= 15 is 0 Å². The van der Waals surface area contributed by atoms with Crippen molar-refractivity contribution in [3.63, 3.8) is 0 Å². The number of anilines is 1. The van der Waals surface area contributed by atoms with Crippen molar-refractivity contribution in [2.45, 2.75) is 45.0 Å². The molecule has 1 heterocycles. The summed E-state index contributed by atoms with van der Waals surface area (Å²) in [6, 6.07) is -0.368. The first kappa shape index (κ1) is 18.3. The number of pyridine rings is 1. The van der Waals surface area contributed by atoms with Crippen molar-refractivity contribution in [1.29, 1.82) is 0 Å². The highest BCUT2D eigenvalue weighted by Crippen LogP contribution is 2.51. The predicted octanol–water partition coefficient (Wildman–Crippen LogP) is 2.72. The van der Waals surface area contributed by atoms with Crippen LogP contribution in [0, 0.1) is 5.41 Å². The fraction of sp³-hybridized carbons (Fsp3) is 0.600. The molecule has 0 spiro atoms. The van der Waals surface area contributed by atoms with Crippen LogP contribution in [0.1, 0.15) is 32.8 Å². The lowest BCUT2D eigenvalue weighted by atomic mass is 9.56. The Bertz CT molecular complexity index is 699. The third-order valence-electron chi connectivity index (χ3n) is 5.06. The first-order valence-electron chi connectivity index (χ1n) is 7.33. The molecular formula is C15H20F3N3O3. The van der Waals surface area contributed by atoms with Gasteiger partial charge in [0.05, 0.1) is 11.2 Å². The third-order valence-corrected chi connectivity index (χ3v) is 5.06. The average molecular weight is 347 g/mol. The molecule has 1 fully saturated rings. The lowest BCUT2D eigenvalue weighted by Crippen LogP contribution is -2.69. The molecule has 1 aliphatic rings. The summed E-state index contributed by atoms with van der Waals surface area (Å²) < 4.78 is 43.5. The minimum Gasteiger partial charge on any atom is -0.378 e. The van der Waals surface area contributed by atoms with Gasteiger partial charge < -0.3 is 20.4 Å². The van der Waals surface area contributed by atoms with Gasteiger partial charge in [0.2, 0.25) is 0 Å². The van der Waals surface area contributed by atoms with Gasteiger partial charge in [0.25, 0.3) is 5.56 Å². The Kier molecular flexibility index (Phi) is 4.43. The van der Waals surface area contributed by atoms with Crippen LogP contribution in [0.25, 0.3) is 0 Å². The number of hydrogen-bond acceptors (Lipinski definition) is 3. The zero-order chi connectivity index (χ0) is 18.3. The van der Waals surface area contributed by atoms with Crippen LogP contribution in [0.3, 0.4) is 0 Å². The number of rotatable bonds is 3. The molecule has 0 aromatic carbocycles. The summed E-state index contributed by atoms with van der Waals surface area (Å²) >= 11 is 0. The van der Waals surface area contributed by atoms with Crippen molar-refractivity contribution >= 4 is 11.7 Å². The van der Waals surface area contributed by atoms with E-state index in [1.54, 1.807) is 7.11 Å². The fourth-order valence-electron chi connectivity index (χ4n) is 2.78. The topological polar surface area (TPSA) is 83.2 Å². The number of methoxy groups -OCH3 is 1. The Labute approximate surface area is 136 Å². The van der Waals surface area contributed by atoms with Gasteiger partial charge in [-0.15, -0.1) is 0 Å². The van der Waals surface area contributed by atoms with Gasteiger partial charge in [-0.25, -0.2) is 4.79 Å². The number of carbonyl (C=O) groups excluding carboxylic acids is 1. The molecule has 24 heavy (non-hydrogen) atoms. The molecule has 1 aromatic rings. The van der Waals surface area contributed by atoms with E-state index in [0.717, 1.165) is 0 Å². The van der Waals surface area contributed by atoms with Crippen LogP contribution in [0.5, 0.6) is 0 Å². The highest BCUT2D eigenvalue weighted by molar-refractivity contribution is 5.89. The molecule has 0 radical (unpaired) electrons. The molecule has 1 aliphatic carbocycles. The van der Waals surface area contributed by atoms with Gasteiger partial charge in [0.1, 0.15) is 5.69 Å². The number of carbonyl (C=O) groups is 1. The molecule has 0 saturated heterocycles. The molecule has 2 atom stereocenters. The maximum atomic E-state index is 12.7. The van der Waals surface area contributed by atoms with Crippen molar-refractivity contribution in [3.8, 4) is 0 Å². The number of amides is 2. The second-order valence-electron chi connectivity index (χ2n) is 6.64. The molecule has 0 bridgehead atoms. The van der Waals surface area contributed by atoms with Gasteiger partial charge in [0.15, 0.2) is 0 Å². The van der Waals surface area contributed by atoms with E-state index in [4.69, 9.17) is 4.74 Å². The second-order valence-corrected chi connectivity index (χ2v) is 6.64. The van der Waals surface area contributed by atoms with Crippen molar-refractivity contribution < 1.29 is 22.7 Å². The minimum absolute atomic E-state index is 0.229. The second kappa shape index (κ2) is 5.80. The minimum atomic E-state index is -4.62. The number of aromatic amines is 1. The van der Waals surface area contributed by atoms with Gasteiger partial charge in [0, 0.05) is 24.8 Å². The first-order valence-corrected chi connectivity index (χ1v) is 7.33. The molecule has 1 aromatic heterocycles. The van der Waals surface area contributed by atoms with Gasteiger partial charge in [-0.1, -0.05) is 13.8 Å². The number of hydrogen-bond donors (Lipinski definition) is 3. The molecular weight excluding hydrogens is 327 g/mol. The predicted molar refractivity (Wildman–Crippen MR) is 81.8 cm³/mol. The number of ether oxygens (including phenoxy) is 1. The number of nitrogens with one attached hydrogen (secondary N) is 3. The summed E-state index contributed by atoms with van der Waals surface area (Å²) in [4.78, 5) is 25.6. The smallest absolute Gasteiger partial charge is 0.378 e. The monoisotopic (exact) mass is 347 g/mol. The molecule has 0 unspecified atom stereocenters. The van der Waals surface area contributed by atoms with Crippen LogP contribution in [0.15, 0.2) is 17.1 Å². The number of H-pyrrole nitrogens is 1. The van der Waals surface area contributed by atoms with Gasteiger partial charge in [-0.05, 0) is 19.4 Å². The van der Waals surface area contributed by atoms with E-state index in [0.29, 0.717) is 18.7 Å². The average Bonchev–Trinajstić information content (AvgIpc) is 2.47. The Morgan fingerprint density at radius 3 is 2.50 bits per heavy atom. The quantitative estimate of drug-likeness (QED) is 0.786. The van der Waals surface area contributed by atoms with Crippen molar-refractivity contribution in [3.05, 3.63) is 28.2 Å². The number of alkyl halides is 3. The Morgan fingerprint density at radius 2 is 2.00 bits per heavy atom. The van der Waals surface area contributed by atoms with E-state index < -0.39 is 34.6 Å². The van der Waals surface area contributed by atoms with Crippen LogP contribution < -0.4 is 16.2 Å². The summed E-state index contributed by atoms with van der Waals surface area (Å²) in [5.41, 5.74) is -3.09. The molecule has 6 nitrogen and oxygen atoms in total. The van der Waals surface area contributed by atoms with Crippen LogP contribution >= 0.6 is 0 Å². The van der Waals surface area contributed by atoms with Crippen molar-refractivity contribution in [1.82, 2.24) is 10.3 Å². The van der Waals surface area contributed by atoms with Crippen molar-refractivity contribution in [2.24, 2.45) is 5.41 Å². The number of halogens is 3. The number of urea groups is 1. The Morgan fingerprint density at radius 1 is 1.38 bits per heavy atom. The fourth-order valence-corrected chi connectivity index (χ4v) is 2.78. The summed E-state index contributed by atoms with van der Waals surface area (Å²) in [6.45, 7) is 5.75. The van der Waals surface area contributed by atoms with Gasteiger partial charge in [-0.2, -0.15) is 13.2 Å². The van der Waals surface area contributed by atoms with E-state index in [-0.39, 0.29) is 11.5 Å². The highest BCUT2D eigenvalue weighted by atomic mass is 19.4. The third kappa shape index (κ3) is 3.12. The van der Waals surface area contributed by atoms with E-state index in [1.165, 1.54) is 0 Å². The summed E-state index contributed by atoms with van der Waals surface area (Å²) in [6.07, 6.45) is -3.50. The van der Waals surface area contributed by atoms with E-state index in [9.17, 15) is 22.8 Å².